The number of nitro groups is 1. The molecule has 26 heavy (non-hydrogen) atoms. The van der Waals surface area contributed by atoms with Crippen LogP contribution in [0.5, 0.6) is 11.5 Å². The molecule has 1 aliphatic heterocycles. The summed E-state index contributed by atoms with van der Waals surface area (Å²) in [5.74, 6) is 1.42. The van der Waals surface area contributed by atoms with Crippen molar-refractivity contribution in [3.63, 3.8) is 0 Å². The van der Waals surface area contributed by atoms with Crippen LogP contribution in [-0.2, 0) is 17.9 Å². The molecule has 2 aromatic carbocycles. The largest absolute Gasteiger partial charge is 0.492 e. The van der Waals surface area contributed by atoms with Gasteiger partial charge in [-0.3, -0.25) is 15.0 Å². The van der Waals surface area contributed by atoms with Crippen LogP contribution in [0, 0.1) is 10.1 Å². The lowest BCUT2D eigenvalue weighted by atomic mass is 10.1. The van der Waals surface area contributed by atoms with Gasteiger partial charge in [-0.15, -0.1) is 0 Å². The number of halogens is 1. The topological polar surface area (TPSA) is 74.1 Å². The van der Waals surface area contributed by atoms with E-state index in [2.05, 4.69) is 0 Å². The highest BCUT2D eigenvalue weighted by atomic mass is 35.5. The first-order valence-electron chi connectivity index (χ1n) is 8.10. The third-order valence-corrected chi connectivity index (χ3v) is 4.23. The Morgan fingerprint density at radius 2 is 2.08 bits per heavy atom. The minimum Gasteiger partial charge on any atom is -0.492 e. The van der Waals surface area contributed by atoms with Gasteiger partial charge < -0.3 is 14.2 Å². The number of hydrogen-bond donors (Lipinski definition) is 0. The number of rotatable bonds is 7. The van der Waals surface area contributed by atoms with Gasteiger partial charge in [-0.2, -0.15) is 0 Å². The number of hydrogen-bond acceptors (Lipinski definition) is 6. The average molecular weight is 379 g/mol. The summed E-state index contributed by atoms with van der Waals surface area (Å²) in [6, 6.07) is 10.2. The summed E-state index contributed by atoms with van der Waals surface area (Å²) in [6.45, 7) is 2.11. The van der Waals surface area contributed by atoms with Gasteiger partial charge in [0.25, 0.3) is 5.69 Å². The molecule has 7 nitrogen and oxygen atoms in total. The second-order valence-electron chi connectivity index (χ2n) is 6.00. The molecule has 1 aliphatic rings. The lowest BCUT2D eigenvalue weighted by molar-refractivity contribution is -0.385. The van der Waals surface area contributed by atoms with Gasteiger partial charge in [0.15, 0.2) is 6.79 Å². The summed E-state index contributed by atoms with van der Waals surface area (Å²) < 4.78 is 16.5. The molecule has 0 N–H and O–H groups in total. The van der Waals surface area contributed by atoms with E-state index in [4.69, 9.17) is 25.8 Å². The fraction of sp³-hybridized carbons (Fsp3) is 0.333. The van der Waals surface area contributed by atoms with Gasteiger partial charge in [0.1, 0.15) is 18.1 Å². The predicted octanol–water partition coefficient (Wildman–Crippen LogP) is 3.63. The molecule has 0 atom stereocenters. The molecule has 3 rings (SSSR count). The Hall–Kier alpha value is -2.35. The van der Waals surface area contributed by atoms with Crippen molar-refractivity contribution in [1.29, 1.82) is 0 Å². The Morgan fingerprint density at radius 1 is 1.31 bits per heavy atom. The van der Waals surface area contributed by atoms with Crippen LogP contribution in [0.4, 0.5) is 5.69 Å². The van der Waals surface area contributed by atoms with Crippen LogP contribution in [-0.4, -0.2) is 36.8 Å². The van der Waals surface area contributed by atoms with Gasteiger partial charge >= 0.3 is 0 Å². The van der Waals surface area contributed by atoms with E-state index >= 15 is 0 Å². The van der Waals surface area contributed by atoms with Crippen molar-refractivity contribution in [3.8, 4) is 11.5 Å². The van der Waals surface area contributed by atoms with Crippen LogP contribution < -0.4 is 9.47 Å². The fourth-order valence-corrected chi connectivity index (χ4v) is 2.85. The summed E-state index contributed by atoms with van der Waals surface area (Å²) in [5, 5.41) is 11.8. The first-order chi connectivity index (χ1) is 12.5. The van der Waals surface area contributed by atoms with E-state index in [0.717, 1.165) is 11.3 Å². The van der Waals surface area contributed by atoms with Crippen molar-refractivity contribution in [1.82, 2.24) is 4.90 Å². The highest BCUT2D eigenvalue weighted by Crippen LogP contribution is 2.33. The van der Waals surface area contributed by atoms with Gasteiger partial charge in [0.2, 0.25) is 0 Å². The summed E-state index contributed by atoms with van der Waals surface area (Å²) in [7, 11) is 1.93. The van der Waals surface area contributed by atoms with Crippen molar-refractivity contribution >= 4 is 17.3 Å². The van der Waals surface area contributed by atoms with E-state index in [1.54, 1.807) is 18.2 Å². The molecular weight excluding hydrogens is 360 g/mol. The quantitative estimate of drug-likeness (QED) is 0.541. The first kappa shape index (κ1) is 18.4. The Bertz CT molecular complexity index is 782. The Balaban J connectivity index is 1.62. The zero-order valence-electron chi connectivity index (χ0n) is 14.3. The van der Waals surface area contributed by atoms with Crippen molar-refractivity contribution in [2.75, 3.05) is 27.0 Å². The zero-order valence-corrected chi connectivity index (χ0v) is 15.1. The zero-order chi connectivity index (χ0) is 18.5. The van der Waals surface area contributed by atoms with E-state index in [1.165, 1.54) is 6.07 Å². The molecule has 0 fully saturated rings. The van der Waals surface area contributed by atoms with Crippen LogP contribution in [0.1, 0.15) is 11.1 Å². The van der Waals surface area contributed by atoms with Crippen LogP contribution in [0.25, 0.3) is 0 Å². The molecule has 0 saturated heterocycles. The normalized spacial score (nSPS) is 13.2. The van der Waals surface area contributed by atoms with Gasteiger partial charge in [-0.05, 0) is 31.3 Å². The summed E-state index contributed by atoms with van der Waals surface area (Å²) >= 11 is 5.85. The number of ether oxygens (including phenoxy) is 3. The average Bonchev–Trinajstić information content (AvgIpc) is 2.63. The molecule has 0 amide bonds. The number of nitro benzene ring substituents is 1. The molecule has 0 saturated carbocycles. The molecule has 1 heterocycles. The van der Waals surface area contributed by atoms with Gasteiger partial charge in [0.05, 0.1) is 11.5 Å². The van der Waals surface area contributed by atoms with E-state index in [0.29, 0.717) is 42.6 Å². The van der Waals surface area contributed by atoms with E-state index in [1.807, 2.05) is 24.1 Å². The molecule has 8 heteroatoms. The SMILES string of the molecule is CN(CCOc1ccc(Cl)cc1)Cc1cc([N+](=O)[O-])cc2c1OCOC2. The maximum atomic E-state index is 11.2. The van der Waals surface area contributed by atoms with E-state index in [-0.39, 0.29) is 12.5 Å². The molecule has 138 valence electrons. The third kappa shape index (κ3) is 4.63. The lowest BCUT2D eigenvalue weighted by Gasteiger charge is -2.23. The Kier molecular flexibility index (Phi) is 5.92. The second-order valence-corrected chi connectivity index (χ2v) is 6.44. The Labute approximate surface area is 156 Å². The molecular formula is C18H19ClN2O5. The molecule has 0 aromatic heterocycles. The number of nitrogens with zero attached hydrogens (tertiary/aromatic N) is 2. The second kappa shape index (κ2) is 8.35. The summed E-state index contributed by atoms with van der Waals surface area (Å²) in [4.78, 5) is 12.8. The van der Waals surface area contributed by atoms with Crippen molar-refractivity contribution < 1.29 is 19.1 Å². The molecule has 0 unspecified atom stereocenters. The molecule has 0 bridgehead atoms. The van der Waals surface area contributed by atoms with Crippen LogP contribution in [0.2, 0.25) is 5.02 Å². The van der Waals surface area contributed by atoms with E-state index in [9.17, 15) is 10.1 Å². The summed E-state index contributed by atoms with van der Waals surface area (Å²) in [6.07, 6.45) is 0. The maximum absolute atomic E-state index is 11.2. The third-order valence-electron chi connectivity index (χ3n) is 3.98. The smallest absolute Gasteiger partial charge is 0.270 e. The highest BCUT2D eigenvalue weighted by molar-refractivity contribution is 6.30. The van der Waals surface area contributed by atoms with Crippen LogP contribution in [0.3, 0.4) is 0 Å². The molecule has 2 aromatic rings. The fourth-order valence-electron chi connectivity index (χ4n) is 2.72. The number of benzene rings is 2. The number of likely N-dealkylation sites (N-methyl/N-ethyl adjacent to an activating group) is 1. The highest BCUT2D eigenvalue weighted by Gasteiger charge is 2.21. The monoisotopic (exact) mass is 378 g/mol. The first-order valence-corrected chi connectivity index (χ1v) is 8.48. The standard InChI is InChI=1S/C18H19ClN2O5/c1-20(6-7-25-17-4-2-15(19)3-5-17)10-13-8-16(21(22)23)9-14-11-24-12-26-18(13)14/h2-5,8-9H,6-7,10-12H2,1H3. The lowest BCUT2D eigenvalue weighted by Crippen LogP contribution is -2.25. The number of fused-ring (bicyclic) bond motifs is 1. The van der Waals surface area contributed by atoms with Gasteiger partial charge in [0, 0.05) is 41.4 Å². The molecule has 0 radical (unpaired) electrons. The van der Waals surface area contributed by atoms with Crippen molar-refractivity contribution in [2.24, 2.45) is 0 Å². The minimum atomic E-state index is -0.401. The maximum Gasteiger partial charge on any atom is 0.270 e. The van der Waals surface area contributed by atoms with Crippen molar-refractivity contribution in [3.05, 3.63) is 62.7 Å². The molecule has 0 spiro atoms. The Morgan fingerprint density at radius 3 is 2.81 bits per heavy atom. The minimum absolute atomic E-state index is 0.0404. The summed E-state index contributed by atoms with van der Waals surface area (Å²) in [5.41, 5.74) is 1.51. The van der Waals surface area contributed by atoms with Crippen LogP contribution >= 0.6 is 11.6 Å². The van der Waals surface area contributed by atoms with Crippen LogP contribution in [0.15, 0.2) is 36.4 Å². The van der Waals surface area contributed by atoms with Gasteiger partial charge in [-0.1, -0.05) is 11.6 Å². The van der Waals surface area contributed by atoms with Gasteiger partial charge in [-0.25, -0.2) is 0 Å². The van der Waals surface area contributed by atoms with E-state index < -0.39 is 4.92 Å². The predicted molar refractivity (Wildman–Crippen MR) is 96.7 cm³/mol. The number of non-ortho nitro benzene ring substituents is 1. The van der Waals surface area contributed by atoms with Crippen molar-refractivity contribution in [2.45, 2.75) is 13.2 Å². The molecule has 0 aliphatic carbocycles.